The van der Waals surface area contributed by atoms with Gasteiger partial charge in [-0.2, -0.15) is 4.31 Å². The lowest BCUT2D eigenvalue weighted by molar-refractivity contribution is 0.0696. The third kappa shape index (κ3) is 2.89. The van der Waals surface area contributed by atoms with E-state index in [2.05, 4.69) is 0 Å². The van der Waals surface area contributed by atoms with Crippen molar-refractivity contribution in [2.45, 2.75) is 4.90 Å². The van der Waals surface area contributed by atoms with E-state index in [1.807, 2.05) is 0 Å². The lowest BCUT2D eigenvalue weighted by Gasteiger charge is -2.25. The Morgan fingerprint density at radius 2 is 1.90 bits per heavy atom. The van der Waals surface area contributed by atoms with Gasteiger partial charge in [0.15, 0.2) is 0 Å². The summed E-state index contributed by atoms with van der Waals surface area (Å²) in [4.78, 5) is 10.1. The monoisotopic (exact) mass is 321 g/mol. The molecule has 0 spiro atoms. The lowest BCUT2D eigenvalue weighted by Crippen LogP contribution is -2.42. The Balaban J connectivity index is 2.35. The van der Waals surface area contributed by atoms with Gasteiger partial charge in [0.05, 0.1) is 5.56 Å². The molecule has 20 heavy (non-hydrogen) atoms. The fraction of sp³-hybridized carbons (Fsp3) is 0.364. The molecule has 0 atom stereocenters. The summed E-state index contributed by atoms with van der Waals surface area (Å²) in [7, 11) is -5.07. The molecule has 1 aliphatic rings. The van der Waals surface area contributed by atoms with Gasteiger partial charge in [0, 0.05) is 35.4 Å². The average Bonchev–Trinajstić information content (AvgIpc) is 2.38. The van der Waals surface area contributed by atoms with E-state index in [0.717, 1.165) is 16.4 Å². The Labute approximate surface area is 117 Å². The van der Waals surface area contributed by atoms with Gasteiger partial charge >= 0.3 is 5.97 Å². The molecule has 1 saturated heterocycles. The highest BCUT2D eigenvalue weighted by molar-refractivity contribution is 7.89. The van der Waals surface area contributed by atoms with Gasteiger partial charge in [0.1, 0.15) is 10.7 Å². The minimum atomic E-state index is -4.03. The van der Waals surface area contributed by atoms with E-state index in [-0.39, 0.29) is 30.2 Å². The summed E-state index contributed by atoms with van der Waals surface area (Å²) in [5.74, 6) is -2.00. The molecule has 0 amide bonds. The van der Waals surface area contributed by atoms with Crippen LogP contribution < -0.4 is 0 Å². The van der Waals surface area contributed by atoms with E-state index in [0.29, 0.717) is 6.07 Å². The number of carboxylic acid groups (broad SMARTS) is 1. The molecule has 1 heterocycles. The second-order valence-electron chi connectivity index (χ2n) is 4.20. The van der Waals surface area contributed by atoms with Gasteiger partial charge < -0.3 is 5.11 Å². The minimum Gasteiger partial charge on any atom is -0.478 e. The smallest absolute Gasteiger partial charge is 0.335 e. The van der Waals surface area contributed by atoms with E-state index in [1.165, 1.54) is 0 Å². The van der Waals surface area contributed by atoms with E-state index in [1.54, 1.807) is 0 Å². The van der Waals surface area contributed by atoms with E-state index < -0.39 is 37.5 Å². The molecule has 1 fully saturated rings. The zero-order chi connectivity index (χ0) is 14.9. The number of sulfonamides is 1. The summed E-state index contributed by atoms with van der Waals surface area (Å²) < 4.78 is 50.6. The quantitative estimate of drug-likeness (QED) is 0.863. The Bertz CT molecular complexity index is 663. The van der Waals surface area contributed by atoms with Crippen LogP contribution >= 0.6 is 0 Å². The third-order valence-corrected chi connectivity index (χ3v) is 6.14. The first-order valence-corrected chi connectivity index (χ1v) is 8.63. The molecule has 9 heteroatoms. The molecule has 0 bridgehead atoms. The van der Waals surface area contributed by atoms with Crippen molar-refractivity contribution in [1.29, 1.82) is 0 Å². The highest BCUT2D eigenvalue weighted by atomic mass is 32.2. The number of rotatable bonds is 3. The molecule has 1 N–H and O–H groups in total. The highest BCUT2D eigenvalue weighted by Gasteiger charge is 2.30. The highest BCUT2D eigenvalue weighted by Crippen LogP contribution is 2.21. The summed E-state index contributed by atoms with van der Waals surface area (Å²) in [6.45, 7) is 0.129. The molecule has 0 aromatic heterocycles. The van der Waals surface area contributed by atoms with Crippen molar-refractivity contribution in [1.82, 2.24) is 4.31 Å². The molecule has 0 saturated carbocycles. The number of halogens is 1. The molecular formula is C11H12FNO5S2. The molecule has 1 aliphatic heterocycles. The predicted molar refractivity (Wildman–Crippen MR) is 70.0 cm³/mol. The van der Waals surface area contributed by atoms with Crippen molar-refractivity contribution in [3.63, 3.8) is 0 Å². The maximum Gasteiger partial charge on any atom is 0.335 e. The number of nitrogens with zero attached hydrogens (tertiary/aromatic N) is 1. The van der Waals surface area contributed by atoms with Gasteiger partial charge in [-0.3, -0.25) is 4.21 Å². The van der Waals surface area contributed by atoms with Gasteiger partial charge in [-0.25, -0.2) is 17.6 Å². The molecule has 1 aromatic rings. The topological polar surface area (TPSA) is 91.8 Å². The first-order chi connectivity index (χ1) is 9.32. The maximum absolute atomic E-state index is 13.8. The number of hydrogen-bond acceptors (Lipinski definition) is 4. The van der Waals surface area contributed by atoms with Gasteiger partial charge in [0.2, 0.25) is 10.0 Å². The molecule has 110 valence electrons. The van der Waals surface area contributed by atoms with Crippen LogP contribution in [-0.2, 0) is 20.8 Å². The van der Waals surface area contributed by atoms with E-state index in [9.17, 15) is 21.8 Å². The first-order valence-electron chi connectivity index (χ1n) is 5.70. The normalized spacial score (nSPS) is 18.1. The average molecular weight is 321 g/mol. The Morgan fingerprint density at radius 1 is 1.30 bits per heavy atom. The molecule has 0 aliphatic carbocycles. The number of benzene rings is 1. The van der Waals surface area contributed by atoms with Crippen LogP contribution in [0, 0.1) is 5.82 Å². The molecule has 0 unspecified atom stereocenters. The van der Waals surface area contributed by atoms with Crippen LogP contribution in [-0.4, -0.2) is 52.6 Å². The predicted octanol–water partition coefficient (Wildman–Crippen LogP) is 0.277. The van der Waals surface area contributed by atoms with E-state index in [4.69, 9.17) is 5.11 Å². The van der Waals surface area contributed by atoms with Crippen molar-refractivity contribution >= 4 is 26.8 Å². The maximum atomic E-state index is 13.8. The molecule has 0 radical (unpaired) electrons. The molecular weight excluding hydrogens is 309 g/mol. The van der Waals surface area contributed by atoms with Crippen LogP contribution in [0.15, 0.2) is 23.1 Å². The van der Waals surface area contributed by atoms with Crippen LogP contribution in [0.25, 0.3) is 0 Å². The van der Waals surface area contributed by atoms with Gasteiger partial charge in [0.25, 0.3) is 0 Å². The third-order valence-electron chi connectivity index (χ3n) is 2.93. The van der Waals surface area contributed by atoms with Crippen molar-refractivity contribution < 1.29 is 26.9 Å². The van der Waals surface area contributed by atoms with Gasteiger partial charge in [-0.15, -0.1) is 0 Å². The molecule has 1 aromatic carbocycles. The Hall–Kier alpha value is -1.32. The van der Waals surface area contributed by atoms with Crippen LogP contribution in [0.3, 0.4) is 0 Å². The van der Waals surface area contributed by atoms with Crippen LogP contribution in [0.2, 0.25) is 0 Å². The summed E-state index contributed by atoms with van der Waals surface area (Å²) >= 11 is 0. The van der Waals surface area contributed by atoms with Crippen molar-refractivity contribution in [3.05, 3.63) is 29.6 Å². The number of carbonyl (C=O) groups is 1. The van der Waals surface area contributed by atoms with Crippen LogP contribution in [0.5, 0.6) is 0 Å². The fourth-order valence-corrected chi connectivity index (χ4v) is 4.61. The second-order valence-corrected chi connectivity index (χ2v) is 7.81. The summed E-state index contributed by atoms with van der Waals surface area (Å²) in [6, 6.07) is 2.66. The Morgan fingerprint density at radius 3 is 2.40 bits per heavy atom. The standard InChI is InChI=1S/C11H12FNO5S2/c12-9-7-8(11(14)15)1-2-10(9)20(17,18)13-3-5-19(16)6-4-13/h1-2,7H,3-6H2,(H,14,15). The largest absolute Gasteiger partial charge is 0.478 e. The number of hydrogen-bond donors (Lipinski definition) is 1. The summed E-state index contributed by atoms with van der Waals surface area (Å²) in [5, 5.41) is 8.72. The van der Waals surface area contributed by atoms with Crippen molar-refractivity contribution in [2.75, 3.05) is 24.6 Å². The summed E-state index contributed by atoms with van der Waals surface area (Å²) in [5.41, 5.74) is -0.318. The zero-order valence-corrected chi connectivity index (χ0v) is 11.9. The Kier molecular flexibility index (Phi) is 4.21. The van der Waals surface area contributed by atoms with Crippen LogP contribution in [0.1, 0.15) is 10.4 Å². The SMILES string of the molecule is O=C(O)c1ccc(S(=O)(=O)N2CCS(=O)CC2)c(F)c1. The fourth-order valence-electron chi connectivity index (χ4n) is 1.84. The molecule has 6 nitrogen and oxygen atoms in total. The number of aromatic carboxylic acids is 1. The van der Waals surface area contributed by atoms with Gasteiger partial charge in [-0.1, -0.05) is 0 Å². The minimum absolute atomic E-state index is 0.0646. The molecule has 2 rings (SSSR count). The van der Waals surface area contributed by atoms with Crippen molar-refractivity contribution in [2.24, 2.45) is 0 Å². The van der Waals surface area contributed by atoms with E-state index >= 15 is 0 Å². The first kappa shape index (κ1) is 15.1. The number of carboxylic acids is 1. The lowest BCUT2D eigenvalue weighted by atomic mass is 10.2. The van der Waals surface area contributed by atoms with Crippen molar-refractivity contribution in [3.8, 4) is 0 Å². The van der Waals surface area contributed by atoms with Crippen LogP contribution in [0.4, 0.5) is 4.39 Å². The van der Waals surface area contributed by atoms with Gasteiger partial charge in [-0.05, 0) is 18.2 Å². The second kappa shape index (κ2) is 5.58. The summed E-state index contributed by atoms with van der Waals surface area (Å²) in [6.07, 6.45) is 0. The zero-order valence-electron chi connectivity index (χ0n) is 10.3.